The maximum atomic E-state index is 14.4. The van der Waals surface area contributed by atoms with Crippen LogP contribution in [0.3, 0.4) is 0 Å². The molecule has 7 rings (SSSR count). The van der Waals surface area contributed by atoms with E-state index in [1.807, 2.05) is 5.57 Å². The topological polar surface area (TPSA) is 66.4 Å². The van der Waals surface area contributed by atoms with Crippen molar-refractivity contribution in [3.05, 3.63) is 11.1 Å². The van der Waals surface area contributed by atoms with E-state index in [2.05, 4.69) is 27.9 Å². The molecule has 2 saturated heterocycles. The zero-order valence-corrected chi connectivity index (χ0v) is 28.9. The van der Waals surface area contributed by atoms with Crippen LogP contribution in [-0.2, 0) is 9.59 Å². The minimum absolute atomic E-state index is 0.155. The minimum atomic E-state index is -0.631. The van der Waals surface area contributed by atoms with Crippen LogP contribution in [0.1, 0.15) is 96.3 Å². The third-order valence-corrected chi connectivity index (χ3v) is 24.7. The first-order valence-corrected chi connectivity index (χ1v) is 21.9. The molecule has 2 N–H and O–H groups in total. The molecule has 2 aliphatic heterocycles. The molecule has 1 amide bonds. The van der Waals surface area contributed by atoms with E-state index < -0.39 is 5.97 Å². The van der Waals surface area contributed by atoms with Crippen LogP contribution in [0.2, 0.25) is 0 Å². The molecule has 0 spiro atoms. The predicted octanol–water partition coefficient (Wildman–Crippen LogP) is -0.0477. The summed E-state index contributed by atoms with van der Waals surface area (Å²) < 4.78 is 4.57. The zero-order chi connectivity index (χ0) is 26.0. The first-order valence-electron chi connectivity index (χ1n) is 15.7. The maximum absolute atomic E-state index is 14.4. The second-order valence-corrected chi connectivity index (χ2v) is 22.0. The molecule has 10 unspecified atom stereocenters. The standard InChI is InChI=1S/C31H44I3NO3/c32-26-21(16-10-11-16)23-25(24-22-19-14-15-20(19)33-28(22)29(24)34-27(23)26)30(36)35-18-9-7-5-3-1-2-4-6-8-17(12-13-18)31(37)38/h16-21,23,25-29H,1-15H2,(H,35,36)(H,37,38)/q-2/t17?,18?,19?,20-,21?,23?,25?,26?,27?,28?,29?/m1/s1. The van der Waals surface area contributed by atoms with Gasteiger partial charge in [-0.3, -0.25) is 0 Å². The average Bonchev–Trinajstić information content (AvgIpc) is 3.66. The molecule has 0 aromatic heterocycles. The van der Waals surface area contributed by atoms with Gasteiger partial charge < -0.3 is 0 Å². The number of nitrogens with one attached hydrogen (secondary N) is 1. The van der Waals surface area contributed by atoms with E-state index in [1.165, 1.54) is 57.8 Å². The molecule has 0 bridgehead atoms. The second kappa shape index (κ2) is 11.5. The van der Waals surface area contributed by atoms with Crippen molar-refractivity contribution in [2.45, 2.75) is 122 Å². The van der Waals surface area contributed by atoms with E-state index in [1.54, 1.807) is 5.57 Å². The summed E-state index contributed by atoms with van der Waals surface area (Å²) in [5, 5.41) is 13.5. The van der Waals surface area contributed by atoms with Gasteiger partial charge in [-0.1, -0.05) is 0 Å². The molecule has 2 heterocycles. The Morgan fingerprint density at radius 2 is 1.47 bits per heavy atom. The quantitative estimate of drug-likeness (QED) is 0.237. The van der Waals surface area contributed by atoms with Crippen LogP contribution in [0.25, 0.3) is 0 Å². The number of carboxylic acid groups (broad SMARTS) is 1. The fourth-order valence-corrected chi connectivity index (χ4v) is 23.4. The monoisotopic (exact) mass is 859 g/mol. The number of rotatable bonds is 4. The van der Waals surface area contributed by atoms with Gasteiger partial charge in [0.25, 0.3) is 0 Å². The summed E-state index contributed by atoms with van der Waals surface area (Å²) in [6.07, 6.45) is 17.5. The Morgan fingerprint density at radius 3 is 2.16 bits per heavy atom. The molecule has 7 aliphatic rings. The number of allylic oxidation sites excluding steroid dienone is 1. The van der Waals surface area contributed by atoms with Crippen molar-refractivity contribution in [3.63, 3.8) is 0 Å². The number of carboxylic acids is 1. The fraction of sp³-hybridized carbons (Fsp3) is 0.871. The van der Waals surface area contributed by atoms with Gasteiger partial charge in [0.05, 0.1) is 0 Å². The van der Waals surface area contributed by atoms with Gasteiger partial charge >= 0.3 is 266 Å². The van der Waals surface area contributed by atoms with Gasteiger partial charge in [-0.2, -0.15) is 0 Å². The van der Waals surface area contributed by atoms with Crippen molar-refractivity contribution in [1.82, 2.24) is 5.32 Å². The number of amides is 1. The number of hydrogen-bond donors (Lipinski definition) is 2. The molecule has 0 aromatic carbocycles. The molecular weight excluding hydrogens is 815 g/mol. The van der Waals surface area contributed by atoms with E-state index >= 15 is 0 Å². The summed E-state index contributed by atoms with van der Waals surface area (Å²) in [4.78, 5) is 26.4. The summed E-state index contributed by atoms with van der Waals surface area (Å²) in [5.74, 6) is 2.86. The molecule has 0 radical (unpaired) electrons. The summed E-state index contributed by atoms with van der Waals surface area (Å²) in [5.41, 5.74) is 3.57. The number of fused-ring (bicyclic) bond motifs is 6. The molecule has 38 heavy (non-hydrogen) atoms. The first-order chi connectivity index (χ1) is 18.5. The number of hydrogen-bond acceptors (Lipinski definition) is 2. The van der Waals surface area contributed by atoms with Crippen molar-refractivity contribution in [2.24, 2.45) is 35.5 Å². The van der Waals surface area contributed by atoms with Crippen LogP contribution in [0.4, 0.5) is 0 Å². The first kappa shape index (κ1) is 27.7. The molecule has 0 aromatic rings. The number of halogens is 3. The van der Waals surface area contributed by atoms with E-state index in [0.717, 1.165) is 75.9 Å². The van der Waals surface area contributed by atoms with Crippen LogP contribution in [0.5, 0.6) is 0 Å². The van der Waals surface area contributed by atoms with Crippen molar-refractivity contribution in [1.29, 1.82) is 0 Å². The van der Waals surface area contributed by atoms with E-state index in [-0.39, 0.29) is 39.1 Å². The molecular formula is C31H44I3NO3-2. The molecule has 6 fully saturated rings. The van der Waals surface area contributed by atoms with Crippen molar-refractivity contribution in [3.8, 4) is 0 Å². The van der Waals surface area contributed by atoms with Crippen LogP contribution in [0.15, 0.2) is 11.1 Å². The summed E-state index contributed by atoms with van der Waals surface area (Å²) in [7, 11) is 0. The van der Waals surface area contributed by atoms with Gasteiger partial charge in [-0.05, 0) is 0 Å². The van der Waals surface area contributed by atoms with Crippen molar-refractivity contribution in [2.75, 3.05) is 0 Å². The summed E-state index contributed by atoms with van der Waals surface area (Å²) in [6.45, 7) is 0. The van der Waals surface area contributed by atoms with Crippen molar-refractivity contribution >= 4 is 34.5 Å². The van der Waals surface area contributed by atoms with Crippen LogP contribution < -0.4 is 47.7 Å². The molecule has 5 aliphatic carbocycles. The third-order valence-electron chi connectivity index (χ3n) is 11.2. The van der Waals surface area contributed by atoms with Gasteiger partial charge in [0, 0.05) is 0 Å². The van der Waals surface area contributed by atoms with E-state index in [4.69, 9.17) is 0 Å². The van der Waals surface area contributed by atoms with E-state index in [9.17, 15) is 14.7 Å². The zero-order valence-electron chi connectivity index (χ0n) is 22.4. The van der Waals surface area contributed by atoms with Gasteiger partial charge in [-0.15, -0.1) is 0 Å². The Morgan fingerprint density at radius 1 is 0.763 bits per heavy atom. The van der Waals surface area contributed by atoms with Gasteiger partial charge in [0.15, 0.2) is 0 Å². The van der Waals surface area contributed by atoms with Crippen molar-refractivity contribution < 1.29 is 57.1 Å². The van der Waals surface area contributed by atoms with Crippen LogP contribution in [-0.4, -0.2) is 42.6 Å². The Kier molecular flexibility index (Phi) is 8.39. The molecule has 11 atom stereocenters. The number of carbonyl (C=O) groups excluding carboxylic acids is 1. The second-order valence-electron chi connectivity index (χ2n) is 13.4. The molecule has 4 saturated carbocycles. The molecule has 4 nitrogen and oxygen atoms in total. The van der Waals surface area contributed by atoms with Gasteiger partial charge in [0.2, 0.25) is 0 Å². The van der Waals surface area contributed by atoms with E-state index in [0.29, 0.717) is 33.0 Å². The molecule has 214 valence electrons. The summed E-state index contributed by atoms with van der Waals surface area (Å²) in [6, 6.07) is 0.155. The Bertz CT molecular complexity index is 981. The summed E-state index contributed by atoms with van der Waals surface area (Å²) >= 11 is 3.30. The Hall–Kier alpha value is 0.870. The predicted molar refractivity (Wildman–Crippen MR) is 150 cm³/mol. The molecule has 7 heteroatoms. The SMILES string of the molecule is O=C(O)C1CCCCCCCCCC(NC(=O)C2C3=C4C([I-][C@@H]5CCC45)C3[I-]C3C(I)C(C4CC4)C23)CC1. The van der Waals surface area contributed by atoms with Crippen LogP contribution in [0, 0.1) is 35.5 Å². The number of aliphatic carboxylic acids is 1. The fourth-order valence-electron chi connectivity index (χ4n) is 8.74. The third kappa shape index (κ3) is 4.95. The Balaban J connectivity index is 1.12. The number of alkyl halides is 5. The van der Waals surface area contributed by atoms with Gasteiger partial charge in [-0.25, -0.2) is 0 Å². The number of carbonyl (C=O) groups is 2. The van der Waals surface area contributed by atoms with Crippen LogP contribution >= 0.6 is 22.6 Å². The average molecular weight is 859 g/mol. The Labute approximate surface area is 263 Å². The normalized spacial score (nSPS) is 47.1. The van der Waals surface area contributed by atoms with Gasteiger partial charge in [0.1, 0.15) is 0 Å².